The number of rotatable bonds is 2. The molecule has 1 saturated carbocycles. The van der Waals surface area contributed by atoms with E-state index >= 15 is 0 Å². The van der Waals surface area contributed by atoms with Gasteiger partial charge in [-0.05, 0) is 67.2 Å². The van der Waals surface area contributed by atoms with Gasteiger partial charge in [-0.25, -0.2) is 0 Å². The van der Waals surface area contributed by atoms with Crippen molar-refractivity contribution < 1.29 is 22.7 Å². The number of nitrogens with zero attached hydrogens (tertiary/aromatic N) is 1. The molecule has 6 atom stereocenters. The van der Waals surface area contributed by atoms with Crippen molar-refractivity contribution in [2.75, 3.05) is 13.2 Å². The van der Waals surface area contributed by atoms with Gasteiger partial charge in [0, 0.05) is 31.3 Å². The van der Waals surface area contributed by atoms with Crippen molar-refractivity contribution in [1.82, 2.24) is 10.2 Å². The second-order valence-electron chi connectivity index (χ2n) is 10.2. The normalized spacial score (nSPS) is 37.9. The topological polar surface area (TPSA) is 41.6 Å². The fourth-order valence-electron chi connectivity index (χ4n) is 6.56. The summed E-state index contributed by atoms with van der Waals surface area (Å²) in [4.78, 5) is 15.5. The summed E-state index contributed by atoms with van der Waals surface area (Å²) in [5.41, 5.74) is 0.586. The minimum absolute atomic E-state index is 0.0810. The van der Waals surface area contributed by atoms with Gasteiger partial charge in [0.1, 0.15) is 0 Å². The van der Waals surface area contributed by atoms with Gasteiger partial charge in [0.15, 0.2) is 0 Å². The molecule has 3 aliphatic heterocycles. The van der Waals surface area contributed by atoms with Gasteiger partial charge in [0.05, 0.1) is 17.6 Å². The van der Waals surface area contributed by atoms with Crippen LogP contribution in [0.25, 0.3) is 0 Å². The summed E-state index contributed by atoms with van der Waals surface area (Å²) in [7, 11) is 0. The van der Waals surface area contributed by atoms with Crippen molar-refractivity contribution in [2.24, 2.45) is 17.3 Å². The maximum atomic E-state index is 13.6. The summed E-state index contributed by atoms with van der Waals surface area (Å²) in [6.07, 6.45) is -0.0441. The van der Waals surface area contributed by atoms with Crippen molar-refractivity contribution in [3.05, 3.63) is 34.9 Å². The molecule has 3 fully saturated rings. The second kappa shape index (κ2) is 7.48. The first-order valence-electron chi connectivity index (χ1n) is 11.5. The molecule has 3 heterocycles. The number of hydrogen-bond donors (Lipinski definition) is 1. The third kappa shape index (κ3) is 3.48. The summed E-state index contributed by atoms with van der Waals surface area (Å²) in [6, 6.07) is 4.85. The molecule has 1 spiro atoms. The Morgan fingerprint density at radius 1 is 1.19 bits per heavy atom. The van der Waals surface area contributed by atoms with Gasteiger partial charge >= 0.3 is 6.18 Å². The molecule has 4 nitrogen and oxygen atoms in total. The molecule has 0 aromatic heterocycles. The monoisotopic (exact) mass is 436 g/mol. The molecule has 170 valence electrons. The van der Waals surface area contributed by atoms with Crippen LogP contribution in [0.4, 0.5) is 13.2 Å². The van der Waals surface area contributed by atoms with E-state index in [9.17, 15) is 18.0 Å². The lowest BCUT2D eigenvalue weighted by Crippen LogP contribution is -2.46. The largest absolute Gasteiger partial charge is 0.416 e. The molecule has 1 amide bonds. The van der Waals surface area contributed by atoms with Crippen molar-refractivity contribution in [1.29, 1.82) is 0 Å². The van der Waals surface area contributed by atoms with E-state index in [0.29, 0.717) is 36.5 Å². The Morgan fingerprint density at radius 3 is 2.74 bits per heavy atom. The predicted octanol–water partition coefficient (Wildman–Crippen LogP) is 4.16. The van der Waals surface area contributed by atoms with Gasteiger partial charge in [-0.15, -0.1) is 0 Å². The molecule has 1 aliphatic carbocycles. The number of nitrogens with one attached hydrogen (secondary N) is 1. The quantitative estimate of drug-likeness (QED) is 0.757. The van der Waals surface area contributed by atoms with Crippen LogP contribution in [0.1, 0.15) is 56.2 Å². The van der Waals surface area contributed by atoms with E-state index in [-0.39, 0.29) is 23.3 Å². The van der Waals surface area contributed by atoms with Crippen LogP contribution in [-0.4, -0.2) is 42.1 Å². The lowest BCUT2D eigenvalue weighted by atomic mass is 9.73. The number of carbonyl (C=O) groups is 1. The molecule has 7 heteroatoms. The molecule has 1 N–H and O–H groups in total. The highest BCUT2D eigenvalue weighted by Gasteiger charge is 2.60. The maximum Gasteiger partial charge on any atom is 0.416 e. The first-order chi connectivity index (χ1) is 14.7. The predicted molar refractivity (Wildman–Crippen MR) is 110 cm³/mol. The van der Waals surface area contributed by atoms with Gasteiger partial charge in [-0.3, -0.25) is 4.79 Å². The van der Waals surface area contributed by atoms with Gasteiger partial charge in [-0.2, -0.15) is 13.2 Å². The average Bonchev–Trinajstić information content (AvgIpc) is 3.24. The molecule has 0 bridgehead atoms. The van der Waals surface area contributed by atoms with E-state index in [1.807, 2.05) is 4.90 Å². The molecule has 31 heavy (non-hydrogen) atoms. The van der Waals surface area contributed by atoms with Crippen LogP contribution in [0.15, 0.2) is 18.2 Å². The molecular weight excluding hydrogens is 405 g/mol. The molecule has 1 aromatic rings. The summed E-state index contributed by atoms with van der Waals surface area (Å²) >= 11 is 0. The van der Waals surface area contributed by atoms with Crippen molar-refractivity contribution in [2.45, 2.75) is 76.8 Å². The molecule has 1 aromatic carbocycles. The summed E-state index contributed by atoms with van der Waals surface area (Å²) in [6.45, 7) is 6.24. The second-order valence-corrected chi connectivity index (χ2v) is 10.2. The summed E-state index contributed by atoms with van der Waals surface area (Å²) < 4.78 is 45.1. The molecule has 5 rings (SSSR count). The number of benzene rings is 1. The Bertz CT molecular complexity index is 873. The zero-order chi connectivity index (χ0) is 22.0. The number of carbonyl (C=O) groups excluding carboxylic acids is 1. The Morgan fingerprint density at radius 2 is 2.00 bits per heavy atom. The van der Waals surface area contributed by atoms with Crippen molar-refractivity contribution in [3.63, 3.8) is 0 Å². The minimum atomic E-state index is -4.36. The van der Waals surface area contributed by atoms with Crippen LogP contribution in [0, 0.1) is 17.3 Å². The van der Waals surface area contributed by atoms with Gasteiger partial charge in [0.2, 0.25) is 5.91 Å². The Hall–Kier alpha value is -1.60. The first kappa shape index (κ1) is 21.3. The van der Waals surface area contributed by atoms with E-state index in [1.54, 1.807) is 6.07 Å². The SMILES string of the molecule is CC1COCCC1N[C@@H]1CC[C@@]2(C1)C(=O)N1Cc3cc(C(F)(F)F)ccc3CC1C2C. The van der Waals surface area contributed by atoms with E-state index in [1.165, 1.54) is 12.1 Å². The van der Waals surface area contributed by atoms with Crippen molar-refractivity contribution in [3.8, 4) is 0 Å². The van der Waals surface area contributed by atoms with Crippen LogP contribution in [0.2, 0.25) is 0 Å². The Labute approximate surface area is 181 Å². The highest BCUT2D eigenvalue weighted by Crippen LogP contribution is 2.54. The van der Waals surface area contributed by atoms with Gasteiger partial charge in [0.25, 0.3) is 0 Å². The van der Waals surface area contributed by atoms with Crippen LogP contribution in [-0.2, 0) is 28.7 Å². The van der Waals surface area contributed by atoms with Gasteiger partial charge in [-0.1, -0.05) is 19.9 Å². The fourth-order valence-corrected chi connectivity index (χ4v) is 6.56. The first-order valence-corrected chi connectivity index (χ1v) is 11.5. The number of alkyl halides is 3. The van der Waals surface area contributed by atoms with Crippen LogP contribution in [0.3, 0.4) is 0 Å². The Kier molecular flexibility index (Phi) is 5.13. The van der Waals surface area contributed by atoms with E-state index in [4.69, 9.17) is 4.74 Å². The third-order valence-electron chi connectivity index (χ3n) is 8.48. The average molecular weight is 437 g/mol. The summed E-state index contributed by atoms with van der Waals surface area (Å²) in [5, 5.41) is 3.81. The lowest BCUT2D eigenvalue weighted by Gasteiger charge is -2.34. The molecule has 0 radical (unpaired) electrons. The fraction of sp³-hybridized carbons (Fsp3) is 0.708. The van der Waals surface area contributed by atoms with Crippen LogP contribution >= 0.6 is 0 Å². The number of hydrogen-bond acceptors (Lipinski definition) is 3. The lowest BCUT2D eigenvalue weighted by molar-refractivity contribution is -0.137. The van der Waals surface area contributed by atoms with Gasteiger partial charge < -0.3 is 15.0 Å². The number of halogens is 3. The van der Waals surface area contributed by atoms with E-state index < -0.39 is 11.7 Å². The molecular formula is C24H31F3N2O2. The molecule has 4 aliphatic rings. The maximum absolute atomic E-state index is 13.6. The number of ether oxygens (including phenoxy) is 1. The number of amides is 1. The molecule has 2 saturated heterocycles. The number of fused-ring (bicyclic) bond motifs is 2. The standard InChI is InChI=1S/C24H31F3N2O2/c1-14-13-31-8-6-20(14)28-19-5-7-23(11-19)15(2)21-10-16-3-4-18(24(25,26)27)9-17(16)12-29(21)22(23)30/h3-4,9,14-15,19-21,28H,5-8,10-13H2,1-2H3/t14?,15?,19-,20?,21?,23+/m1/s1. The van der Waals surface area contributed by atoms with E-state index in [2.05, 4.69) is 19.2 Å². The minimum Gasteiger partial charge on any atom is -0.381 e. The van der Waals surface area contributed by atoms with E-state index in [0.717, 1.165) is 44.5 Å². The Balaban J connectivity index is 1.34. The highest BCUT2D eigenvalue weighted by molar-refractivity contribution is 5.87. The highest BCUT2D eigenvalue weighted by atomic mass is 19.4. The summed E-state index contributed by atoms with van der Waals surface area (Å²) in [5.74, 6) is 0.817. The zero-order valence-electron chi connectivity index (χ0n) is 18.2. The third-order valence-corrected chi connectivity index (χ3v) is 8.48. The van der Waals surface area contributed by atoms with Crippen molar-refractivity contribution >= 4 is 5.91 Å². The molecule has 4 unspecified atom stereocenters. The zero-order valence-corrected chi connectivity index (χ0v) is 18.2. The van der Waals surface area contributed by atoms with Crippen LogP contribution in [0.5, 0.6) is 0 Å². The smallest absolute Gasteiger partial charge is 0.381 e. The van der Waals surface area contributed by atoms with Crippen LogP contribution < -0.4 is 5.32 Å².